The maximum atomic E-state index is 6.62. The third-order valence-electron chi connectivity index (χ3n) is 10.4. The maximum Gasteiger partial charge on any atom is 0.192 e. The molecule has 0 atom stereocenters. The molecule has 0 spiro atoms. The first-order valence-corrected chi connectivity index (χ1v) is 17.6. The quantitative estimate of drug-likeness (QED) is 0.133. The second-order valence-electron chi connectivity index (χ2n) is 13.0. The molecule has 0 aliphatic carbocycles. The van der Waals surface area contributed by atoms with E-state index in [1.165, 1.54) is 37.9 Å². The van der Waals surface area contributed by atoms with Crippen molar-refractivity contribution in [2.24, 2.45) is 0 Å². The summed E-state index contributed by atoms with van der Waals surface area (Å²) in [6.07, 6.45) is 0. The Morgan fingerprint density at radius 3 is 1.58 bits per heavy atom. The van der Waals surface area contributed by atoms with Gasteiger partial charge in [0.15, 0.2) is 23.0 Å². The van der Waals surface area contributed by atoms with Crippen molar-refractivity contribution in [3.63, 3.8) is 0 Å². The minimum atomic E-state index is 0.823. The summed E-state index contributed by atoms with van der Waals surface area (Å²) in [4.78, 5) is 0. The first-order valence-electron chi connectivity index (χ1n) is 16.7. The molecule has 0 saturated heterocycles. The van der Waals surface area contributed by atoms with Crippen LogP contribution in [0.1, 0.15) is 0 Å². The summed E-state index contributed by atoms with van der Waals surface area (Å²) in [6, 6.07) is 54.0. The highest BCUT2D eigenvalue weighted by Gasteiger charge is 2.22. The number of hydrogen-bond donors (Lipinski definition) is 0. The summed E-state index contributed by atoms with van der Waals surface area (Å²) < 4.78 is 18.7. The topological polar surface area (TPSA) is 35.5 Å². The van der Waals surface area contributed by atoms with E-state index in [1.807, 2.05) is 53.3 Å². The molecule has 50 heavy (non-hydrogen) atoms. The molecule has 0 aliphatic heterocycles. The van der Waals surface area contributed by atoms with Crippen LogP contribution in [0.5, 0.6) is 5.75 Å². The number of furan rings is 2. The largest absolute Gasteiger partial charge is 0.455 e. The summed E-state index contributed by atoms with van der Waals surface area (Å²) >= 11 is 1.94. The van der Waals surface area contributed by atoms with Gasteiger partial charge in [0.25, 0.3) is 0 Å². The van der Waals surface area contributed by atoms with Gasteiger partial charge in [0.05, 0.1) is 0 Å². The average Bonchev–Trinajstić information content (AvgIpc) is 3.76. The number of halogens is 1. The van der Waals surface area contributed by atoms with Gasteiger partial charge in [0.2, 0.25) is 0 Å². The number of fused-ring (bicyclic) bond motifs is 6. The predicted molar refractivity (Wildman–Crippen MR) is 216 cm³/mol. The first kappa shape index (κ1) is 28.0. The average molecular weight is 753 g/mol. The standard InChI is InChI=1S/C46H25IO3/c47-50-28-19-15-26(16-20-28)39-25-40(38-12-6-11-37-31-8-2-4-14-42(31)49-46(37)38)34-22-18-27-17-21-29(32-23-24-33(39)44(34)43(27)32)35-9-5-10-36-30-7-1-3-13-41(30)48-45(35)36/h1-25H. The zero-order chi connectivity index (χ0) is 32.9. The maximum absolute atomic E-state index is 6.62. The van der Waals surface area contributed by atoms with Crippen molar-refractivity contribution in [3.05, 3.63) is 152 Å². The van der Waals surface area contributed by atoms with Gasteiger partial charge < -0.3 is 11.9 Å². The third kappa shape index (κ3) is 3.91. The van der Waals surface area contributed by atoms with Crippen molar-refractivity contribution in [3.8, 4) is 39.1 Å². The van der Waals surface area contributed by atoms with E-state index in [0.717, 1.165) is 77.4 Å². The van der Waals surface area contributed by atoms with Crippen LogP contribution in [0.4, 0.5) is 0 Å². The predicted octanol–water partition coefficient (Wildman–Crippen LogP) is 14.1. The molecule has 11 rings (SSSR count). The van der Waals surface area contributed by atoms with Gasteiger partial charge in [-0.2, -0.15) is 0 Å². The molecule has 234 valence electrons. The lowest BCUT2D eigenvalue weighted by atomic mass is 9.83. The molecule has 4 heteroatoms. The fourth-order valence-electron chi connectivity index (χ4n) is 8.20. The Morgan fingerprint density at radius 1 is 0.380 bits per heavy atom. The number of para-hydroxylation sites is 4. The van der Waals surface area contributed by atoms with Gasteiger partial charge in [-0.1, -0.05) is 121 Å². The van der Waals surface area contributed by atoms with E-state index in [2.05, 4.69) is 121 Å². The van der Waals surface area contributed by atoms with Crippen LogP contribution in [0.3, 0.4) is 0 Å². The molecule has 3 nitrogen and oxygen atoms in total. The smallest absolute Gasteiger partial charge is 0.192 e. The lowest BCUT2D eigenvalue weighted by Crippen LogP contribution is -1.93. The van der Waals surface area contributed by atoms with Crippen LogP contribution in [-0.2, 0) is 0 Å². The molecular formula is C46H25IO3. The molecule has 0 amide bonds. The molecule has 0 bridgehead atoms. The van der Waals surface area contributed by atoms with Gasteiger partial charge in [-0.05, 0) is 84.9 Å². The monoisotopic (exact) mass is 752 g/mol. The van der Waals surface area contributed by atoms with Crippen molar-refractivity contribution in [2.75, 3.05) is 0 Å². The normalized spacial score (nSPS) is 12.1. The molecule has 0 N–H and O–H groups in total. The highest BCUT2D eigenvalue weighted by atomic mass is 127. The highest BCUT2D eigenvalue weighted by Crippen LogP contribution is 2.48. The molecule has 0 radical (unpaired) electrons. The van der Waals surface area contributed by atoms with E-state index in [4.69, 9.17) is 11.9 Å². The summed E-state index contributed by atoms with van der Waals surface area (Å²) in [5.74, 6) is 0.823. The van der Waals surface area contributed by atoms with E-state index < -0.39 is 0 Å². The fraction of sp³-hybridized carbons (Fsp3) is 0. The van der Waals surface area contributed by atoms with E-state index >= 15 is 0 Å². The SMILES string of the molecule is IOc1ccc(-c2cc(-c3cccc4c3oc3ccccc34)c3ccc4ccc(-c5cccc6c5oc5ccccc56)c5ccc2c3c45)cc1. The Kier molecular flexibility index (Phi) is 5.93. The van der Waals surface area contributed by atoms with E-state index in [1.54, 1.807) is 0 Å². The summed E-state index contributed by atoms with van der Waals surface area (Å²) in [6.45, 7) is 0. The van der Waals surface area contributed by atoms with Crippen LogP contribution in [0.2, 0.25) is 0 Å². The summed E-state index contributed by atoms with van der Waals surface area (Å²) in [5.41, 5.74) is 10.4. The van der Waals surface area contributed by atoms with Crippen molar-refractivity contribution in [1.82, 2.24) is 0 Å². The minimum absolute atomic E-state index is 0.823. The number of benzene rings is 9. The molecule has 0 aliphatic rings. The van der Waals surface area contributed by atoms with Crippen LogP contribution < -0.4 is 3.07 Å². The van der Waals surface area contributed by atoms with Gasteiger partial charge in [0.1, 0.15) is 28.1 Å². The van der Waals surface area contributed by atoms with Crippen LogP contribution in [-0.4, -0.2) is 0 Å². The van der Waals surface area contributed by atoms with Crippen LogP contribution in [0, 0.1) is 0 Å². The highest BCUT2D eigenvalue weighted by molar-refractivity contribution is 14.1. The minimum Gasteiger partial charge on any atom is -0.455 e. The van der Waals surface area contributed by atoms with Crippen LogP contribution >= 0.6 is 23.0 Å². The number of hydrogen-bond acceptors (Lipinski definition) is 3. The lowest BCUT2D eigenvalue weighted by molar-refractivity contribution is 0.669. The first-order chi connectivity index (χ1) is 24.7. The molecular weight excluding hydrogens is 727 g/mol. The second kappa shape index (κ2) is 10.6. The van der Waals surface area contributed by atoms with Gasteiger partial charge in [-0.25, -0.2) is 0 Å². The Hall–Kier alpha value is -5.85. The van der Waals surface area contributed by atoms with Crippen molar-refractivity contribution in [2.45, 2.75) is 0 Å². The molecule has 9 aromatic carbocycles. The molecule has 2 aromatic heterocycles. The van der Waals surface area contributed by atoms with E-state index in [9.17, 15) is 0 Å². The molecule has 2 heterocycles. The molecule has 0 unspecified atom stereocenters. The molecule has 11 aromatic rings. The molecule has 0 fully saturated rings. The van der Waals surface area contributed by atoms with Crippen molar-refractivity contribution in [1.29, 1.82) is 0 Å². The van der Waals surface area contributed by atoms with Gasteiger partial charge in [0, 0.05) is 32.7 Å². The Bertz CT molecular complexity index is 3130. The second-order valence-corrected chi connectivity index (χ2v) is 13.4. The van der Waals surface area contributed by atoms with Crippen LogP contribution in [0.25, 0.3) is 110 Å². The van der Waals surface area contributed by atoms with Crippen molar-refractivity contribution < 1.29 is 11.9 Å². The van der Waals surface area contributed by atoms with E-state index in [-0.39, 0.29) is 0 Å². The summed E-state index contributed by atoms with van der Waals surface area (Å²) in [5, 5.41) is 11.8. The van der Waals surface area contributed by atoms with Gasteiger partial charge in [-0.3, -0.25) is 0 Å². The number of rotatable bonds is 4. The fourth-order valence-corrected chi connectivity index (χ4v) is 8.49. The van der Waals surface area contributed by atoms with Crippen LogP contribution in [0.15, 0.2) is 160 Å². The Morgan fingerprint density at radius 2 is 0.920 bits per heavy atom. The third-order valence-corrected chi connectivity index (χ3v) is 10.9. The summed E-state index contributed by atoms with van der Waals surface area (Å²) in [7, 11) is 0. The van der Waals surface area contributed by atoms with Gasteiger partial charge in [-0.15, -0.1) is 0 Å². The zero-order valence-corrected chi connectivity index (χ0v) is 28.7. The van der Waals surface area contributed by atoms with Gasteiger partial charge >= 0.3 is 0 Å². The lowest BCUT2D eigenvalue weighted by Gasteiger charge is -2.19. The molecule has 0 saturated carbocycles. The zero-order valence-electron chi connectivity index (χ0n) is 26.5. The Balaban J connectivity index is 1.27. The van der Waals surface area contributed by atoms with E-state index in [0.29, 0.717) is 0 Å². The van der Waals surface area contributed by atoms with Crippen molar-refractivity contribution >= 4 is 99.2 Å². The Labute approximate surface area is 300 Å².